The Morgan fingerprint density at radius 2 is 1.73 bits per heavy atom. The van der Waals surface area contributed by atoms with Crippen LogP contribution in [0.15, 0.2) is 24.3 Å². The zero-order valence-electron chi connectivity index (χ0n) is 30.0. The largest absolute Gasteiger partial charge is 0.465 e. The highest BCUT2D eigenvalue weighted by molar-refractivity contribution is 7.13. The summed E-state index contributed by atoms with van der Waals surface area (Å²) in [6.07, 6.45) is 15.3. The Bertz CT molecular complexity index is 1110. The van der Waals surface area contributed by atoms with E-state index in [4.69, 9.17) is 25.2 Å². The molecule has 0 radical (unpaired) electrons. The van der Waals surface area contributed by atoms with E-state index in [2.05, 4.69) is 92.9 Å². The number of thiophene rings is 1. The van der Waals surface area contributed by atoms with Gasteiger partial charge in [-0.2, -0.15) is 0 Å². The second-order valence-electron chi connectivity index (χ2n) is 16.7. The van der Waals surface area contributed by atoms with Crippen LogP contribution in [0.1, 0.15) is 114 Å². The number of esters is 1. The fourth-order valence-electron chi connectivity index (χ4n) is 6.48. The maximum atomic E-state index is 11.9. The molecule has 0 amide bonds. The van der Waals surface area contributed by atoms with E-state index < -0.39 is 16.6 Å². The van der Waals surface area contributed by atoms with Gasteiger partial charge < -0.3 is 13.6 Å². The molecular weight excluding hydrogens is 620 g/mol. The molecule has 1 aromatic rings. The Balaban J connectivity index is 1.81. The Morgan fingerprint density at radius 1 is 1.09 bits per heavy atom. The Labute approximate surface area is 281 Å². The second kappa shape index (κ2) is 14.8. The molecule has 1 unspecified atom stereocenters. The minimum atomic E-state index is -1.97. The molecule has 0 aliphatic heterocycles. The van der Waals surface area contributed by atoms with Crippen LogP contribution < -0.4 is 0 Å². The highest BCUT2D eigenvalue weighted by atomic mass is 35.5. The van der Waals surface area contributed by atoms with Crippen LogP contribution in [0.25, 0.3) is 0 Å². The van der Waals surface area contributed by atoms with Crippen molar-refractivity contribution in [2.24, 2.45) is 17.3 Å². The van der Waals surface area contributed by atoms with Crippen LogP contribution in [0, 0.1) is 17.3 Å². The predicted molar refractivity (Wildman–Crippen MR) is 194 cm³/mol. The van der Waals surface area contributed by atoms with Gasteiger partial charge in [0, 0.05) is 16.2 Å². The molecule has 44 heavy (non-hydrogen) atoms. The van der Waals surface area contributed by atoms with E-state index in [9.17, 15) is 4.79 Å². The smallest absolute Gasteiger partial charge is 0.348 e. The molecular formula is C36H63ClO4SSi2. The lowest BCUT2D eigenvalue weighted by molar-refractivity contribution is -0.0273. The van der Waals surface area contributed by atoms with E-state index in [1.165, 1.54) is 37.7 Å². The summed E-state index contributed by atoms with van der Waals surface area (Å²) in [5.74, 6) is 0.413. The number of ether oxygens (including phenoxy) is 1. The van der Waals surface area contributed by atoms with E-state index in [1.54, 1.807) is 11.3 Å². The van der Waals surface area contributed by atoms with Gasteiger partial charge in [0.2, 0.25) is 0 Å². The maximum Gasteiger partial charge on any atom is 0.348 e. The molecule has 0 saturated heterocycles. The Hall–Kier alpha value is -0.446. The number of aryl methyl sites for hydroxylation is 1. The van der Waals surface area contributed by atoms with Gasteiger partial charge in [0.05, 0.1) is 19.3 Å². The van der Waals surface area contributed by atoms with Gasteiger partial charge in [0.15, 0.2) is 16.6 Å². The summed E-state index contributed by atoms with van der Waals surface area (Å²) in [4.78, 5) is 13.8. The fourth-order valence-corrected chi connectivity index (χ4v) is 10.7. The first kappa shape index (κ1) is 38.0. The van der Waals surface area contributed by atoms with Crippen molar-refractivity contribution in [3.8, 4) is 0 Å². The topological polar surface area (TPSA) is 44.8 Å². The number of rotatable bonds is 14. The van der Waals surface area contributed by atoms with Gasteiger partial charge in [-0.3, -0.25) is 0 Å². The number of carbonyl (C=O) groups is 1. The van der Waals surface area contributed by atoms with Crippen molar-refractivity contribution in [1.29, 1.82) is 0 Å². The van der Waals surface area contributed by atoms with Crippen LogP contribution in [-0.4, -0.2) is 47.3 Å². The van der Waals surface area contributed by atoms with Gasteiger partial charge in [-0.25, -0.2) is 4.79 Å². The third-order valence-electron chi connectivity index (χ3n) is 11.8. The zero-order chi connectivity index (χ0) is 33.1. The fraction of sp³-hybridized carbons (Fsp3) is 0.806. The van der Waals surface area contributed by atoms with Crippen LogP contribution in [0.2, 0.25) is 36.3 Å². The molecule has 8 heteroatoms. The molecule has 0 spiro atoms. The first-order chi connectivity index (χ1) is 20.3. The van der Waals surface area contributed by atoms with Crippen molar-refractivity contribution in [3.63, 3.8) is 0 Å². The van der Waals surface area contributed by atoms with Gasteiger partial charge in [-0.05, 0) is 111 Å². The highest BCUT2D eigenvalue weighted by Gasteiger charge is 2.49. The molecule has 2 fully saturated rings. The van der Waals surface area contributed by atoms with E-state index in [-0.39, 0.29) is 33.6 Å². The number of alkyl halides is 1. The van der Waals surface area contributed by atoms with Crippen molar-refractivity contribution in [1.82, 2.24) is 0 Å². The number of hydrogen-bond donors (Lipinski definition) is 0. The van der Waals surface area contributed by atoms with Crippen LogP contribution in [-0.2, 0) is 20.0 Å². The second-order valence-corrected chi connectivity index (χ2v) is 27.9. The number of carbonyl (C=O) groups excluding carboxylic acids is 1. The zero-order valence-corrected chi connectivity index (χ0v) is 33.6. The number of halogens is 1. The van der Waals surface area contributed by atoms with E-state index >= 15 is 0 Å². The van der Waals surface area contributed by atoms with Crippen molar-refractivity contribution >= 4 is 45.5 Å². The Morgan fingerprint density at radius 3 is 2.25 bits per heavy atom. The molecule has 5 atom stereocenters. The number of methoxy groups -OCH3 is 1. The van der Waals surface area contributed by atoms with Crippen LogP contribution in [0.4, 0.5) is 0 Å². The maximum absolute atomic E-state index is 11.9. The average Bonchev–Trinajstić information content (AvgIpc) is 3.46. The summed E-state index contributed by atoms with van der Waals surface area (Å²) in [6, 6.07) is 3.95. The van der Waals surface area contributed by atoms with Crippen LogP contribution in [0.5, 0.6) is 0 Å². The van der Waals surface area contributed by atoms with Crippen molar-refractivity contribution in [3.05, 3.63) is 34.0 Å². The van der Waals surface area contributed by atoms with E-state index in [0.29, 0.717) is 22.1 Å². The van der Waals surface area contributed by atoms with Crippen molar-refractivity contribution in [2.75, 3.05) is 7.11 Å². The molecule has 0 N–H and O–H groups in total. The third-order valence-corrected chi connectivity index (χ3v) is 22.4. The summed E-state index contributed by atoms with van der Waals surface area (Å²) in [7, 11) is -2.44. The van der Waals surface area contributed by atoms with Crippen LogP contribution >= 0.6 is 22.9 Å². The van der Waals surface area contributed by atoms with Gasteiger partial charge in [0.1, 0.15) is 4.88 Å². The summed E-state index contributed by atoms with van der Waals surface area (Å²) in [5.41, 5.74) is 0.310. The molecule has 2 saturated carbocycles. The normalized spacial score (nSPS) is 25.3. The SMILES string of the molecule is CCC1(C(C/C=C/[C@@H]2[C@@H](CCCc3ccc(C(=O)OC)s3)[C@H](Cl)C[C@@H]2O[Si](C)(C)C(C)(C)C)O[Si](C)(C)C(C)(C)C)CCC1. The Kier molecular flexibility index (Phi) is 12.8. The molecule has 0 aromatic carbocycles. The average molecular weight is 684 g/mol. The summed E-state index contributed by atoms with van der Waals surface area (Å²) in [6.45, 7) is 25.9. The minimum Gasteiger partial charge on any atom is -0.465 e. The molecule has 3 rings (SSSR count). The van der Waals surface area contributed by atoms with Crippen molar-refractivity contribution in [2.45, 2.75) is 160 Å². The summed E-state index contributed by atoms with van der Waals surface area (Å²) in [5, 5.41) is 0.441. The predicted octanol–water partition coefficient (Wildman–Crippen LogP) is 11.4. The lowest BCUT2D eigenvalue weighted by Crippen LogP contribution is -2.51. The van der Waals surface area contributed by atoms with Gasteiger partial charge in [-0.1, -0.05) is 67.0 Å². The first-order valence-electron chi connectivity index (χ1n) is 17.1. The summed E-state index contributed by atoms with van der Waals surface area (Å²) >= 11 is 8.73. The van der Waals surface area contributed by atoms with E-state index in [1.807, 2.05) is 6.07 Å². The highest BCUT2D eigenvalue weighted by Crippen LogP contribution is 2.52. The molecule has 2 aliphatic rings. The lowest BCUT2D eigenvalue weighted by Gasteiger charge is -2.51. The minimum absolute atomic E-state index is 0.0984. The molecule has 252 valence electrons. The molecule has 1 aromatic heterocycles. The molecule has 4 nitrogen and oxygen atoms in total. The standard InChI is InChI=1S/C36H63ClO4SSi2/c1-13-36(23-16-24-36)32(41-44(11,12)35(5,6)7)20-15-19-28-27(18-14-17-26-21-22-31(42-26)33(38)39-8)29(37)25-30(28)40-43(9,10)34(2,3)4/h15,19,21-22,27-30,32H,13-14,16-18,20,23-25H2,1-12H3/b19-15+/t27-,28-,29-,30+,32?/m1/s1. The summed E-state index contributed by atoms with van der Waals surface area (Å²) < 4.78 is 19.2. The van der Waals surface area contributed by atoms with Gasteiger partial charge in [0.25, 0.3) is 0 Å². The molecule has 1 heterocycles. The van der Waals surface area contributed by atoms with Crippen LogP contribution in [0.3, 0.4) is 0 Å². The van der Waals surface area contributed by atoms with E-state index in [0.717, 1.165) is 32.1 Å². The molecule has 2 aliphatic carbocycles. The lowest BCUT2D eigenvalue weighted by atomic mass is 9.63. The third kappa shape index (κ3) is 8.92. The molecule has 0 bridgehead atoms. The van der Waals surface area contributed by atoms with Gasteiger partial charge in [-0.15, -0.1) is 22.9 Å². The first-order valence-corrected chi connectivity index (χ1v) is 24.2. The monoisotopic (exact) mass is 682 g/mol. The quantitative estimate of drug-likeness (QED) is 0.0847. The van der Waals surface area contributed by atoms with Crippen molar-refractivity contribution < 1.29 is 18.4 Å². The van der Waals surface area contributed by atoms with Gasteiger partial charge >= 0.3 is 5.97 Å². The number of hydrogen-bond acceptors (Lipinski definition) is 5.